The first-order valence-electron chi connectivity index (χ1n) is 9.47. The minimum atomic E-state index is -0.574. The number of ether oxygens (including phenoxy) is 1. The first-order valence-corrected chi connectivity index (χ1v) is 9.47. The van der Waals surface area contributed by atoms with Gasteiger partial charge in [-0.15, -0.1) is 0 Å². The van der Waals surface area contributed by atoms with Crippen LogP contribution in [0.2, 0.25) is 0 Å². The van der Waals surface area contributed by atoms with Crippen molar-refractivity contribution in [2.75, 3.05) is 12.4 Å². The summed E-state index contributed by atoms with van der Waals surface area (Å²) in [5, 5.41) is 12.2. The summed E-state index contributed by atoms with van der Waals surface area (Å²) in [6.45, 7) is 3.73. The minimum Gasteiger partial charge on any atom is -0.495 e. The van der Waals surface area contributed by atoms with Gasteiger partial charge in [-0.2, -0.15) is 5.26 Å². The van der Waals surface area contributed by atoms with E-state index in [2.05, 4.69) is 23.5 Å². The summed E-state index contributed by atoms with van der Waals surface area (Å²) in [4.78, 5) is 12.7. The highest BCUT2D eigenvalue weighted by Gasteiger charge is 2.20. The van der Waals surface area contributed by atoms with Gasteiger partial charge in [-0.05, 0) is 80.5 Å². The molecule has 2 aromatic rings. The molecule has 4 nitrogen and oxygen atoms in total. The Morgan fingerprint density at radius 1 is 1.07 bits per heavy atom. The number of nitrogens with one attached hydrogen (secondary N) is 1. The van der Waals surface area contributed by atoms with E-state index in [1.54, 1.807) is 19.2 Å². The molecule has 4 heteroatoms. The van der Waals surface area contributed by atoms with Gasteiger partial charge < -0.3 is 10.1 Å². The highest BCUT2D eigenvalue weighted by atomic mass is 16.5. The molecule has 0 aliphatic heterocycles. The number of aryl methyl sites for hydroxylation is 2. The number of methoxy groups -OCH3 is 1. The lowest BCUT2D eigenvalue weighted by Crippen LogP contribution is -2.16. The summed E-state index contributed by atoms with van der Waals surface area (Å²) >= 11 is 0. The number of rotatable bonds is 4. The lowest BCUT2D eigenvalue weighted by Gasteiger charge is -2.17. The van der Waals surface area contributed by atoms with Crippen LogP contribution >= 0.6 is 0 Å². The maximum Gasteiger partial charge on any atom is 0.255 e. The number of hydrogen-bond donors (Lipinski definition) is 1. The zero-order chi connectivity index (χ0) is 19.4. The number of benzene rings is 2. The molecule has 140 valence electrons. The Morgan fingerprint density at radius 3 is 2.30 bits per heavy atom. The van der Waals surface area contributed by atoms with E-state index in [-0.39, 0.29) is 5.91 Å². The molecule has 3 rings (SSSR count). The number of hydrogen-bond acceptors (Lipinski definition) is 3. The van der Waals surface area contributed by atoms with Crippen molar-refractivity contribution >= 4 is 11.6 Å². The Balaban J connectivity index is 1.83. The predicted molar refractivity (Wildman–Crippen MR) is 107 cm³/mol. The fraction of sp³-hybridized carbons (Fsp3) is 0.391. The van der Waals surface area contributed by atoms with Crippen LogP contribution < -0.4 is 10.1 Å². The normalized spacial score (nSPS) is 13.9. The molecule has 0 radical (unpaired) electrons. The smallest absolute Gasteiger partial charge is 0.255 e. The topological polar surface area (TPSA) is 62.1 Å². The van der Waals surface area contributed by atoms with E-state index in [0.29, 0.717) is 17.0 Å². The van der Waals surface area contributed by atoms with Crippen LogP contribution in [0.1, 0.15) is 60.2 Å². The standard InChI is InChI=1S/C23H26N2O2/c1-23(2,15-24)19-11-9-16(10-12-19)22(26)25-20-13-17-7-5-4-6-8-18(17)14-21(20)27-3/h9-14H,4-8H2,1-3H3,(H,25,26). The third kappa shape index (κ3) is 4.14. The second-order valence-electron chi connectivity index (χ2n) is 7.65. The summed E-state index contributed by atoms with van der Waals surface area (Å²) in [5.74, 6) is 0.523. The van der Waals surface area contributed by atoms with E-state index < -0.39 is 5.41 Å². The third-order valence-corrected chi connectivity index (χ3v) is 5.31. The van der Waals surface area contributed by atoms with Gasteiger partial charge in [-0.25, -0.2) is 0 Å². The van der Waals surface area contributed by atoms with Gasteiger partial charge in [0.1, 0.15) is 5.75 Å². The Morgan fingerprint density at radius 2 is 1.70 bits per heavy atom. The van der Waals surface area contributed by atoms with Crippen LogP contribution in [-0.2, 0) is 18.3 Å². The minimum absolute atomic E-state index is 0.178. The van der Waals surface area contributed by atoms with Crippen molar-refractivity contribution in [3.8, 4) is 11.8 Å². The van der Waals surface area contributed by atoms with E-state index in [0.717, 1.165) is 18.4 Å². The number of anilines is 1. The van der Waals surface area contributed by atoms with E-state index in [9.17, 15) is 10.1 Å². The molecule has 2 aromatic carbocycles. The molecule has 0 aromatic heterocycles. The van der Waals surface area contributed by atoms with Crippen molar-refractivity contribution in [1.29, 1.82) is 5.26 Å². The van der Waals surface area contributed by atoms with Crippen molar-refractivity contribution in [1.82, 2.24) is 0 Å². The van der Waals surface area contributed by atoms with E-state index in [4.69, 9.17) is 4.74 Å². The molecule has 0 heterocycles. The summed E-state index contributed by atoms with van der Waals surface area (Å²) in [6.07, 6.45) is 5.73. The van der Waals surface area contributed by atoms with Crippen LogP contribution in [0.5, 0.6) is 5.75 Å². The van der Waals surface area contributed by atoms with Gasteiger partial charge in [0.25, 0.3) is 5.91 Å². The Labute approximate surface area is 161 Å². The largest absolute Gasteiger partial charge is 0.495 e. The van der Waals surface area contributed by atoms with Crippen LogP contribution in [0.4, 0.5) is 5.69 Å². The second-order valence-corrected chi connectivity index (χ2v) is 7.65. The molecule has 0 atom stereocenters. The highest BCUT2D eigenvalue weighted by Crippen LogP contribution is 2.32. The van der Waals surface area contributed by atoms with Gasteiger partial charge in [-0.3, -0.25) is 4.79 Å². The molecule has 0 bridgehead atoms. The van der Waals surface area contributed by atoms with Crippen molar-refractivity contribution in [3.63, 3.8) is 0 Å². The number of nitriles is 1. The Kier molecular flexibility index (Phi) is 5.51. The second kappa shape index (κ2) is 7.84. The zero-order valence-corrected chi connectivity index (χ0v) is 16.3. The molecule has 1 N–H and O–H groups in total. The zero-order valence-electron chi connectivity index (χ0n) is 16.3. The predicted octanol–water partition coefficient (Wildman–Crippen LogP) is 5.02. The lowest BCUT2D eigenvalue weighted by molar-refractivity contribution is 0.102. The fourth-order valence-corrected chi connectivity index (χ4v) is 3.50. The first kappa shape index (κ1) is 19.0. The van der Waals surface area contributed by atoms with Crippen molar-refractivity contribution < 1.29 is 9.53 Å². The molecular weight excluding hydrogens is 336 g/mol. The van der Waals surface area contributed by atoms with Crippen LogP contribution in [0.25, 0.3) is 0 Å². The first-order chi connectivity index (χ1) is 12.9. The van der Waals surface area contributed by atoms with Gasteiger partial charge in [0, 0.05) is 5.56 Å². The van der Waals surface area contributed by atoms with Crippen molar-refractivity contribution in [2.45, 2.75) is 51.4 Å². The highest BCUT2D eigenvalue weighted by molar-refractivity contribution is 6.05. The summed E-state index contributed by atoms with van der Waals surface area (Å²) in [7, 11) is 1.63. The Bertz CT molecular complexity index is 876. The molecule has 0 saturated carbocycles. The number of fused-ring (bicyclic) bond motifs is 1. The van der Waals surface area contributed by atoms with Crippen molar-refractivity contribution in [3.05, 3.63) is 58.7 Å². The summed E-state index contributed by atoms with van der Waals surface area (Å²) in [5.41, 5.74) is 4.22. The quantitative estimate of drug-likeness (QED) is 0.777. The van der Waals surface area contributed by atoms with E-state index in [1.165, 1.54) is 30.4 Å². The van der Waals surface area contributed by atoms with Crippen LogP contribution in [0.3, 0.4) is 0 Å². The van der Waals surface area contributed by atoms with Crippen molar-refractivity contribution in [2.24, 2.45) is 0 Å². The summed E-state index contributed by atoms with van der Waals surface area (Å²) < 4.78 is 5.52. The number of amides is 1. The van der Waals surface area contributed by atoms with E-state index >= 15 is 0 Å². The average molecular weight is 362 g/mol. The van der Waals surface area contributed by atoms with Gasteiger partial charge >= 0.3 is 0 Å². The molecule has 0 spiro atoms. The molecule has 0 unspecified atom stereocenters. The molecule has 1 amide bonds. The average Bonchev–Trinajstić information content (AvgIpc) is 2.92. The molecule has 1 aliphatic carbocycles. The van der Waals surface area contributed by atoms with E-state index in [1.807, 2.05) is 26.0 Å². The Hall–Kier alpha value is -2.80. The SMILES string of the molecule is COc1cc2c(cc1NC(=O)c1ccc(C(C)(C)C#N)cc1)CCCCC2. The maximum absolute atomic E-state index is 12.7. The number of carbonyl (C=O) groups is 1. The maximum atomic E-state index is 12.7. The van der Waals surface area contributed by atoms with Gasteiger partial charge in [0.2, 0.25) is 0 Å². The van der Waals surface area contributed by atoms with Crippen LogP contribution in [0, 0.1) is 11.3 Å². The fourth-order valence-electron chi connectivity index (χ4n) is 3.50. The molecular formula is C23H26N2O2. The summed E-state index contributed by atoms with van der Waals surface area (Å²) in [6, 6.07) is 13.6. The van der Waals surface area contributed by atoms with Crippen LogP contribution in [0.15, 0.2) is 36.4 Å². The lowest BCUT2D eigenvalue weighted by atomic mass is 9.86. The van der Waals surface area contributed by atoms with Crippen LogP contribution in [-0.4, -0.2) is 13.0 Å². The number of carbonyl (C=O) groups excluding carboxylic acids is 1. The van der Waals surface area contributed by atoms with Gasteiger partial charge in [0.05, 0.1) is 24.3 Å². The molecule has 1 aliphatic rings. The third-order valence-electron chi connectivity index (χ3n) is 5.31. The van der Waals surface area contributed by atoms with Gasteiger partial charge in [-0.1, -0.05) is 18.6 Å². The number of nitrogens with zero attached hydrogens (tertiary/aromatic N) is 1. The monoisotopic (exact) mass is 362 g/mol. The van der Waals surface area contributed by atoms with Gasteiger partial charge in [0.15, 0.2) is 0 Å². The molecule has 27 heavy (non-hydrogen) atoms. The molecule has 0 fully saturated rings. The molecule has 0 saturated heterocycles.